The van der Waals surface area contributed by atoms with Crippen LogP contribution in [-0.4, -0.2) is 40.5 Å². The lowest BCUT2D eigenvalue weighted by atomic mass is 10.00. The van der Waals surface area contributed by atoms with E-state index in [0.717, 1.165) is 45.3 Å². The Kier molecular flexibility index (Phi) is 7.93. The first-order valence-corrected chi connectivity index (χ1v) is 14.4. The molecular weight excluding hydrogens is 584 g/mol. The third kappa shape index (κ3) is 5.61. The zero-order chi connectivity index (χ0) is 30.1. The summed E-state index contributed by atoms with van der Waals surface area (Å²) in [5.74, 6) is 0.548. The molecule has 43 heavy (non-hydrogen) atoms. The third-order valence-electron chi connectivity index (χ3n) is 7.36. The fraction of sp³-hybridized carbons (Fsp3) is 0.118. The van der Waals surface area contributed by atoms with Crippen LogP contribution in [0.3, 0.4) is 0 Å². The first-order valence-electron chi connectivity index (χ1n) is 13.6. The molecule has 7 rings (SSSR count). The quantitative estimate of drug-likeness (QED) is 0.208. The second-order valence-corrected chi connectivity index (χ2v) is 11.0. The van der Waals surface area contributed by atoms with E-state index in [1.54, 1.807) is 30.1 Å². The predicted molar refractivity (Wildman–Crippen MR) is 171 cm³/mol. The highest BCUT2D eigenvalue weighted by Crippen LogP contribution is 2.30. The number of hydrogen-bond acceptors (Lipinski definition) is 4. The molecule has 0 radical (unpaired) electrons. The van der Waals surface area contributed by atoms with Gasteiger partial charge in [0.1, 0.15) is 18.2 Å². The van der Waals surface area contributed by atoms with Crippen molar-refractivity contribution in [3.63, 3.8) is 0 Å². The number of carbonyl (C=O) groups is 1. The number of aromatic nitrogens is 2. The topological polar surface area (TPSA) is 62.9 Å². The molecule has 0 bridgehead atoms. The number of nitrogens with zero attached hydrogens (tertiary/aromatic N) is 5. The number of hydrogen-bond donors (Lipinski definition) is 0. The van der Waals surface area contributed by atoms with Gasteiger partial charge in [0.05, 0.1) is 41.2 Å². The van der Waals surface area contributed by atoms with Gasteiger partial charge in [-0.05, 0) is 55.5 Å². The number of benzodiazepines with no additional fused rings is 1. The number of rotatable bonds is 2. The molecule has 9 heteroatoms. The van der Waals surface area contributed by atoms with Gasteiger partial charge < -0.3 is 4.90 Å². The fourth-order valence-corrected chi connectivity index (χ4v) is 5.60. The van der Waals surface area contributed by atoms with Crippen LogP contribution in [0.1, 0.15) is 33.8 Å². The van der Waals surface area contributed by atoms with E-state index in [0.29, 0.717) is 27.9 Å². The van der Waals surface area contributed by atoms with Crippen LogP contribution < -0.4 is 4.90 Å². The summed E-state index contributed by atoms with van der Waals surface area (Å²) in [6.45, 7) is 2.53. The average Bonchev–Trinajstić information content (AvgIpc) is 3.23. The summed E-state index contributed by atoms with van der Waals surface area (Å²) in [7, 11) is 1.76. The van der Waals surface area contributed by atoms with E-state index in [-0.39, 0.29) is 18.3 Å². The van der Waals surface area contributed by atoms with Crippen molar-refractivity contribution < 1.29 is 9.18 Å². The molecule has 214 valence electrons. The van der Waals surface area contributed by atoms with Gasteiger partial charge in [0.15, 0.2) is 0 Å². The summed E-state index contributed by atoms with van der Waals surface area (Å²) in [5.41, 5.74) is 7.30. The number of halogens is 3. The van der Waals surface area contributed by atoms with Crippen molar-refractivity contribution in [2.24, 2.45) is 9.98 Å². The number of aryl methyl sites for hydroxylation is 1. The maximum atomic E-state index is 14.3. The molecule has 0 N–H and O–H groups in total. The van der Waals surface area contributed by atoms with E-state index < -0.39 is 0 Å². The number of carbonyl (C=O) groups excluding carboxylic acids is 1. The van der Waals surface area contributed by atoms with Crippen molar-refractivity contribution in [1.29, 1.82) is 0 Å². The van der Waals surface area contributed by atoms with Gasteiger partial charge in [-0.25, -0.2) is 9.37 Å². The Bertz CT molecular complexity index is 1920. The number of amides is 1. The van der Waals surface area contributed by atoms with Crippen LogP contribution >= 0.6 is 23.2 Å². The minimum atomic E-state index is -0.293. The first kappa shape index (κ1) is 28.5. The molecule has 0 saturated heterocycles. The number of fused-ring (bicyclic) bond motifs is 4. The Morgan fingerprint density at radius 1 is 0.744 bits per heavy atom. The average molecular weight is 611 g/mol. The summed E-state index contributed by atoms with van der Waals surface area (Å²) < 4.78 is 16.3. The highest BCUT2D eigenvalue weighted by atomic mass is 35.5. The number of imidazole rings is 1. The summed E-state index contributed by atoms with van der Waals surface area (Å²) in [5, 5.41) is 1.23. The molecule has 5 aromatic rings. The van der Waals surface area contributed by atoms with Crippen LogP contribution in [0.15, 0.2) is 107 Å². The summed E-state index contributed by atoms with van der Waals surface area (Å²) in [6, 6.07) is 27.6. The minimum absolute atomic E-state index is 0.0282. The smallest absolute Gasteiger partial charge is 0.248 e. The first-order chi connectivity index (χ1) is 20.8. The molecule has 0 fully saturated rings. The molecule has 0 aliphatic carbocycles. The number of aliphatic imine (C=N–C) groups is 2. The van der Waals surface area contributed by atoms with E-state index >= 15 is 0 Å². The Hall–Kier alpha value is -4.59. The standard InChI is InChI=1S/C18H13ClFN3.C16H13ClN2O/c1-11-21-9-13-10-22-18(14-4-2-3-5-16(14)20)15-8-12(19)6-7-17(15)23(11)13;1-19-14-8-7-12(17)9-13(14)16(18-10-15(19)20)11-5-3-2-4-6-11/h2-9H,10H2,1H3;2-9H,10H2,1H3. The maximum absolute atomic E-state index is 14.3. The largest absolute Gasteiger partial charge is 0.313 e. The van der Waals surface area contributed by atoms with Gasteiger partial charge in [0.25, 0.3) is 0 Å². The van der Waals surface area contributed by atoms with Crippen LogP contribution in [0.4, 0.5) is 10.1 Å². The van der Waals surface area contributed by atoms with Crippen molar-refractivity contribution in [2.45, 2.75) is 13.5 Å². The summed E-state index contributed by atoms with van der Waals surface area (Å²) in [6.07, 6.45) is 1.81. The van der Waals surface area contributed by atoms with Gasteiger partial charge in [-0.15, -0.1) is 0 Å². The van der Waals surface area contributed by atoms with E-state index in [1.165, 1.54) is 6.07 Å². The molecule has 0 saturated carbocycles. The lowest BCUT2D eigenvalue weighted by Crippen LogP contribution is -2.27. The second kappa shape index (κ2) is 12.0. The van der Waals surface area contributed by atoms with Gasteiger partial charge >= 0.3 is 0 Å². The molecule has 1 aromatic heterocycles. The minimum Gasteiger partial charge on any atom is -0.313 e. The predicted octanol–water partition coefficient (Wildman–Crippen LogP) is 7.48. The molecule has 6 nitrogen and oxygen atoms in total. The van der Waals surface area contributed by atoms with E-state index in [1.807, 2.05) is 84.4 Å². The normalized spacial score (nSPS) is 13.8. The van der Waals surface area contributed by atoms with Gasteiger partial charge in [-0.2, -0.15) is 0 Å². The molecule has 2 aliphatic heterocycles. The number of likely N-dealkylation sites (N-methyl/N-ethyl adjacent to an activating group) is 1. The molecule has 0 spiro atoms. The number of anilines is 1. The Labute approximate surface area is 258 Å². The molecule has 3 heterocycles. The molecule has 0 unspecified atom stereocenters. The third-order valence-corrected chi connectivity index (χ3v) is 7.83. The maximum Gasteiger partial charge on any atom is 0.248 e. The van der Waals surface area contributed by atoms with Crippen LogP contribution in [-0.2, 0) is 11.3 Å². The SMILES string of the molecule is CN1C(=O)CN=C(c2ccccc2)c2cc(Cl)ccc21.Cc1ncc2n1-c1ccc(Cl)cc1C(c1ccccc1F)=NC2. The van der Waals surface area contributed by atoms with Gasteiger partial charge in [-0.1, -0.05) is 65.7 Å². The zero-order valence-corrected chi connectivity index (χ0v) is 24.9. The molecule has 1 amide bonds. The van der Waals surface area contributed by atoms with Crippen LogP contribution in [0.2, 0.25) is 10.0 Å². The molecule has 4 aromatic carbocycles. The lowest BCUT2D eigenvalue weighted by Gasteiger charge is -2.18. The summed E-state index contributed by atoms with van der Waals surface area (Å²) in [4.78, 5) is 27.1. The highest BCUT2D eigenvalue weighted by molar-refractivity contribution is 6.32. The van der Waals surface area contributed by atoms with Gasteiger partial charge in [0, 0.05) is 39.3 Å². The van der Waals surface area contributed by atoms with Crippen molar-refractivity contribution in [3.05, 3.63) is 147 Å². The summed E-state index contributed by atoms with van der Waals surface area (Å²) >= 11 is 12.3. The fourth-order valence-electron chi connectivity index (χ4n) is 5.26. The monoisotopic (exact) mass is 609 g/mol. The zero-order valence-electron chi connectivity index (χ0n) is 23.4. The van der Waals surface area contributed by atoms with Crippen LogP contribution in [0.5, 0.6) is 0 Å². The number of benzene rings is 4. The van der Waals surface area contributed by atoms with Gasteiger partial charge in [-0.3, -0.25) is 19.3 Å². The van der Waals surface area contributed by atoms with Crippen molar-refractivity contribution >= 4 is 46.2 Å². The lowest BCUT2D eigenvalue weighted by molar-refractivity contribution is -0.116. The molecular formula is C34H26Cl2FN5O. The van der Waals surface area contributed by atoms with E-state index in [2.05, 4.69) is 15.0 Å². The van der Waals surface area contributed by atoms with E-state index in [4.69, 9.17) is 23.2 Å². The Morgan fingerprint density at radius 3 is 2.09 bits per heavy atom. The molecule has 2 aliphatic rings. The van der Waals surface area contributed by atoms with Crippen molar-refractivity contribution in [2.75, 3.05) is 18.5 Å². The molecule has 0 atom stereocenters. The van der Waals surface area contributed by atoms with Crippen molar-refractivity contribution in [3.8, 4) is 5.69 Å². The second-order valence-electron chi connectivity index (χ2n) is 10.1. The van der Waals surface area contributed by atoms with Crippen LogP contribution in [0.25, 0.3) is 5.69 Å². The van der Waals surface area contributed by atoms with Gasteiger partial charge in [0.2, 0.25) is 5.91 Å². The Morgan fingerprint density at radius 2 is 1.37 bits per heavy atom. The van der Waals surface area contributed by atoms with Crippen molar-refractivity contribution in [1.82, 2.24) is 9.55 Å². The van der Waals surface area contributed by atoms with Crippen LogP contribution in [0, 0.1) is 12.7 Å². The van der Waals surface area contributed by atoms with E-state index in [9.17, 15) is 9.18 Å². The Balaban J connectivity index is 0.000000155. The highest BCUT2D eigenvalue weighted by Gasteiger charge is 2.23.